The summed E-state index contributed by atoms with van der Waals surface area (Å²) < 4.78 is 38.1. The summed E-state index contributed by atoms with van der Waals surface area (Å²) in [5, 5.41) is 2.22. The molecule has 2 aliphatic rings. The van der Waals surface area contributed by atoms with Crippen molar-refractivity contribution in [3.8, 4) is 0 Å². The van der Waals surface area contributed by atoms with Gasteiger partial charge in [-0.2, -0.15) is 13.2 Å². The summed E-state index contributed by atoms with van der Waals surface area (Å²) >= 11 is 0. The van der Waals surface area contributed by atoms with E-state index in [1.165, 1.54) is 5.56 Å². The van der Waals surface area contributed by atoms with E-state index in [0.717, 1.165) is 73.5 Å². The third-order valence-electron chi connectivity index (χ3n) is 7.77. The van der Waals surface area contributed by atoms with Gasteiger partial charge < -0.3 is 9.80 Å². The molecule has 34 heavy (non-hydrogen) atoms. The van der Waals surface area contributed by atoms with E-state index in [9.17, 15) is 18.0 Å². The van der Waals surface area contributed by atoms with Crippen molar-refractivity contribution in [1.82, 2.24) is 4.90 Å². The summed E-state index contributed by atoms with van der Waals surface area (Å²) in [6.45, 7) is 7.23. The number of benzene rings is 2. The van der Waals surface area contributed by atoms with Crippen LogP contribution in [0.25, 0.3) is 10.8 Å². The number of anilines is 1. The Balaban J connectivity index is 1.65. The normalized spacial score (nSPS) is 18.6. The maximum absolute atomic E-state index is 13.8. The smallest absolute Gasteiger partial charge is 0.370 e. The van der Waals surface area contributed by atoms with Crippen LogP contribution in [0.1, 0.15) is 81.1 Å². The zero-order chi connectivity index (χ0) is 24.3. The molecule has 3 nitrogen and oxygen atoms in total. The molecule has 2 aromatic rings. The Labute approximate surface area is 201 Å². The topological polar surface area (TPSA) is 23.6 Å². The number of alkyl halides is 3. The van der Waals surface area contributed by atoms with E-state index in [1.54, 1.807) is 0 Å². The molecule has 0 saturated carbocycles. The minimum atomic E-state index is -4.11. The van der Waals surface area contributed by atoms with Crippen molar-refractivity contribution in [2.45, 2.75) is 76.8 Å². The lowest BCUT2D eigenvalue weighted by molar-refractivity contribution is -0.137. The van der Waals surface area contributed by atoms with Crippen LogP contribution in [0.2, 0.25) is 0 Å². The fourth-order valence-corrected chi connectivity index (χ4v) is 5.93. The maximum Gasteiger partial charge on any atom is 0.390 e. The number of hydrogen-bond acceptors (Lipinski definition) is 3. The number of unbranched alkanes of at least 4 members (excludes halogenated alkanes) is 2. The molecule has 1 fully saturated rings. The van der Waals surface area contributed by atoms with Gasteiger partial charge in [-0.15, -0.1) is 0 Å². The predicted molar refractivity (Wildman–Crippen MR) is 133 cm³/mol. The highest BCUT2D eigenvalue weighted by Gasteiger charge is 2.46. The van der Waals surface area contributed by atoms with Crippen molar-refractivity contribution in [1.29, 1.82) is 0 Å². The molecule has 6 heteroatoms. The SMILES string of the molecule is CCCCC1(CCCC)C(=O)c2cccc3c(N4CCCN(CCC(F)(F)F)CC4)ccc1c23. The van der Waals surface area contributed by atoms with Gasteiger partial charge in [0.25, 0.3) is 0 Å². The monoisotopic (exact) mass is 474 g/mol. The Hall–Kier alpha value is -2.08. The van der Waals surface area contributed by atoms with E-state index in [0.29, 0.717) is 19.6 Å². The first-order valence-corrected chi connectivity index (χ1v) is 13.0. The van der Waals surface area contributed by atoms with Gasteiger partial charge in [0.2, 0.25) is 0 Å². The highest BCUT2D eigenvalue weighted by Crippen LogP contribution is 2.50. The molecule has 0 radical (unpaired) electrons. The van der Waals surface area contributed by atoms with E-state index < -0.39 is 18.0 Å². The molecule has 0 bridgehead atoms. The van der Waals surface area contributed by atoms with Crippen LogP contribution in [-0.2, 0) is 5.41 Å². The zero-order valence-electron chi connectivity index (χ0n) is 20.5. The van der Waals surface area contributed by atoms with Crippen LogP contribution in [0, 0.1) is 0 Å². The molecule has 1 heterocycles. The Bertz CT molecular complexity index is 1010. The van der Waals surface area contributed by atoms with Crippen LogP contribution in [-0.4, -0.2) is 49.6 Å². The van der Waals surface area contributed by atoms with Gasteiger partial charge in [0.05, 0.1) is 11.8 Å². The molecule has 0 spiro atoms. The van der Waals surface area contributed by atoms with Crippen molar-refractivity contribution in [3.63, 3.8) is 0 Å². The number of hydrogen-bond donors (Lipinski definition) is 0. The average molecular weight is 475 g/mol. The van der Waals surface area contributed by atoms with Gasteiger partial charge >= 0.3 is 6.18 Å². The third-order valence-corrected chi connectivity index (χ3v) is 7.77. The number of carbonyl (C=O) groups excluding carboxylic acids is 1. The highest BCUT2D eigenvalue weighted by molar-refractivity contribution is 6.22. The van der Waals surface area contributed by atoms with Gasteiger partial charge in [-0.3, -0.25) is 4.79 Å². The summed E-state index contributed by atoms with van der Waals surface area (Å²) in [7, 11) is 0. The molecular formula is C28H37F3N2O. The predicted octanol–water partition coefficient (Wildman–Crippen LogP) is 7.12. The minimum absolute atomic E-state index is 0.0626. The summed E-state index contributed by atoms with van der Waals surface area (Å²) in [5.74, 6) is 0.279. The minimum Gasteiger partial charge on any atom is -0.370 e. The first kappa shape index (κ1) is 25.0. The second-order valence-corrected chi connectivity index (χ2v) is 10.0. The highest BCUT2D eigenvalue weighted by atomic mass is 19.4. The van der Waals surface area contributed by atoms with Crippen molar-refractivity contribution >= 4 is 22.2 Å². The molecule has 1 aliphatic heterocycles. The molecule has 0 unspecified atom stereocenters. The van der Waals surface area contributed by atoms with Gasteiger partial charge in [0.15, 0.2) is 5.78 Å². The number of nitrogens with zero attached hydrogens (tertiary/aromatic N) is 2. The largest absolute Gasteiger partial charge is 0.390 e. The average Bonchev–Trinajstić information content (AvgIpc) is 2.96. The Morgan fingerprint density at radius 3 is 2.35 bits per heavy atom. The van der Waals surface area contributed by atoms with Crippen LogP contribution in [0.5, 0.6) is 0 Å². The fraction of sp³-hybridized carbons (Fsp3) is 0.607. The van der Waals surface area contributed by atoms with Gasteiger partial charge in [-0.1, -0.05) is 63.8 Å². The number of ketones is 1. The van der Waals surface area contributed by atoms with E-state index >= 15 is 0 Å². The summed E-state index contributed by atoms with van der Waals surface area (Å²) in [6.07, 6.45) is 1.95. The molecule has 2 aromatic carbocycles. The van der Waals surface area contributed by atoms with E-state index in [-0.39, 0.29) is 12.3 Å². The lowest BCUT2D eigenvalue weighted by Gasteiger charge is -2.30. The Kier molecular flexibility index (Phi) is 7.56. The van der Waals surface area contributed by atoms with Crippen LogP contribution >= 0.6 is 0 Å². The van der Waals surface area contributed by atoms with Crippen molar-refractivity contribution in [3.05, 3.63) is 41.5 Å². The van der Waals surface area contributed by atoms with E-state index in [2.05, 4.69) is 36.9 Å². The molecule has 0 N–H and O–H groups in total. The number of rotatable bonds is 9. The van der Waals surface area contributed by atoms with Crippen LogP contribution < -0.4 is 4.90 Å². The van der Waals surface area contributed by atoms with Gasteiger partial charge in [0.1, 0.15) is 0 Å². The summed E-state index contributed by atoms with van der Waals surface area (Å²) in [5.41, 5.74) is 2.73. The van der Waals surface area contributed by atoms with Gasteiger partial charge in [0, 0.05) is 42.8 Å². The van der Waals surface area contributed by atoms with Crippen LogP contribution in [0.3, 0.4) is 0 Å². The van der Waals surface area contributed by atoms with Crippen LogP contribution in [0.15, 0.2) is 30.3 Å². The quantitative estimate of drug-likeness (QED) is 0.387. The molecular weight excluding hydrogens is 437 g/mol. The molecule has 1 aliphatic carbocycles. The summed E-state index contributed by atoms with van der Waals surface area (Å²) in [4.78, 5) is 18.1. The molecule has 0 atom stereocenters. The Morgan fingerprint density at radius 1 is 0.941 bits per heavy atom. The molecule has 1 saturated heterocycles. The number of carbonyl (C=O) groups is 1. The molecule has 186 valence electrons. The Morgan fingerprint density at radius 2 is 1.68 bits per heavy atom. The maximum atomic E-state index is 13.8. The second kappa shape index (κ2) is 10.3. The lowest BCUT2D eigenvalue weighted by atomic mass is 9.72. The lowest BCUT2D eigenvalue weighted by Crippen LogP contribution is -2.33. The first-order chi connectivity index (χ1) is 16.3. The van der Waals surface area contributed by atoms with Crippen molar-refractivity contribution in [2.75, 3.05) is 37.6 Å². The van der Waals surface area contributed by atoms with E-state index in [1.807, 2.05) is 17.0 Å². The van der Waals surface area contributed by atoms with Crippen LogP contribution in [0.4, 0.5) is 18.9 Å². The van der Waals surface area contributed by atoms with Gasteiger partial charge in [-0.25, -0.2) is 0 Å². The fourth-order valence-electron chi connectivity index (χ4n) is 5.93. The third kappa shape index (κ3) is 4.84. The standard InChI is InChI=1S/C28H37F3N2O/c1-3-5-13-27(14-6-4-2)23-11-12-24(21-9-7-10-22(25(21)23)26(27)34)33-17-8-16-32(19-20-33)18-15-28(29,30)31/h7,9-12H,3-6,8,13-20H2,1-2H3. The van der Waals surface area contributed by atoms with Crippen molar-refractivity contribution in [2.24, 2.45) is 0 Å². The zero-order valence-corrected chi connectivity index (χ0v) is 20.5. The number of halogens is 3. The van der Waals surface area contributed by atoms with E-state index in [4.69, 9.17) is 0 Å². The van der Waals surface area contributed by atoms with Crippen molar-refractivity contribution < 1.29 is 18.0 Å². The molecule has 0 aromatic heterocycles. The molecule has 0 amide bonds. The second-order valence-electron chi connectivity index (χ2n) is 10.0. The summed E-state index contributed by atoms with van der Waals surface area (Å²) in [6, 6.07) is 10.4. The molecule has 4 rings (SSSR count). The van der Waals surface area contributed by atoms with Gasteiger partial charge in [-0.05, 0) is 42.8 Å². The first-order valence-electron chi connectivity index (χ1n) is 13.0. The number of Topliss-reactive ketones (excluding diaryl/α,β-unsaturated/α-hetero) is 1.